The van der Waals surface area contributed by atoms with Crippen LogP contribution >= 0.6 is 0 Å². The second-order valence-electron chi connectivity index (χ2n) is 3.30. The van der Waals surface area contributed by atoms with Gasteiger partial charge in [-0.2, -0.15) is 0 Å². The Bertz CT molecular complexity index is 149. The summed E-state index contributed by atoms with van der Waals surface area (Å²) in [6.45, 7) is 5.91. The Balaban J connectivity index is 4.30. The first kappa shape index (κ1) is 13.8. The maximum absolute atomic E-state index is 5.38. The van der Waals surface area contributed by atoms with E-state index in [0.717, 1.165) is 18.9 Å². The lowest BCUT2D eigenvalue weighted by atomic mass is 10.1. The van der Waals surface area contributed by atoms with Crippen LogP contribution in [0.5, 0.6) is 0 Å². The summed E-state index contributed by atoms with van der Waals surface area (Å²) in [6, 6.07) is 0.860. The van der Waals surface area contributed by atoms with E-state index in [1.54, 1.807) is 21.3 Å². The van der Waals surface area contributed by atoms with Crippen molar-refractivity contribution in [1.29, 1.82) is 0 Å². The molecule has 0 N–H and O–H groups in total. The molecule has 1 unspecified atom stereocenters. The van der Waals surface area contributed by atoms with Gasteiger partial charge in [0.2, 0.25) is 0 Å². The molecule has 0 aromatic carbocycles. The lowest BCUT2D eigenvalue weighted by molar-refractivity contribution is 0.117. The third-order valence-electron chi connectivity index (χ3n) is 2.55. The zero-order valence-electron chi connectivity index (χ0n) is 9.71. The Labute approximate surface area is 88.4 Å². The third kappa shape index (κ3) is 3.92. The van der Waals surface area contributed by atoms with E-state index in [0.29, 0.717) is 5.92 Å². The third-order valence-corrected chi connectivity index (χ3v) is 5.49. The van der Waals surface area contributed by atoms with E-state index in [4.69, 9.17) is 13.3 Å². The fraction of sp³-hybridized carbons (Fsp3) is 0.800. The molecule has 0 bridgehead atoms. The van der Waals surface area contributed by atoms with Crippen LogP contribution in [0.4, 0.5) is 0 Å². The highest BCUT2D eigenvalue weighted by Crippen LogP contribution is 2.24. The zero-order valence-corrected chi connectivity index (χ0v) is 10.7. The predicted molar refractivity (Wildman–Crippen MR) is 60.2 cm³/mol. The Morgan fingerprint density at radius 2 is 1.71 bits per heavy atom. The SMILES string of the molecule is C=CCC(CC)C[Si](OC)(OC)OC. The molecule has 0 heterocycles. The molecule has 14 heavy (non-hydrogen) atoms. The summed E-state index contributed by atoms with van der Waals surface area (Å²) < 4.78 is 16.1. The van der Waals surface area contributed by atoms with Gasteiger partial charge in [0, 0.05) is 27.4 Å². The van der Waals surface area contributed by atoms with Crippen molar-refractivity contribution in [1.82, 2.24) is 0 Å². The molecule has 1 atom stereocenters. The molecule has 4 heteroatoms. The molecule has 0 amide bonds. The quantitative estimate of drug-likeness (QED) is 0.463. The van der Waals surface area contributed by atoms with E-state index in [1.807, 2.05) is 6.08 Å². The maximum atomic E-state index is 5.38. The van der Waals surface area contributed by atoms with Gasteiger partial charge in [0.25, 0.3) is 0 Å². The molecule has 3 nitrogen and oxygen atoms in total. The molecule has 0 saturated heterocycles. The summed E-state index contributed by atoms with van der Waals surface area (Å²) >= 11 is 0. The second-order valence-corrected chi connectivity index (χ2v) is 6.30. The second kappa shape index (κ2) is 7.17. The van der Waals surface area contributed by atoms with Crippen LogP contribution in [0.2, 0.25) is 6.04 Å². The average Bonchev–Trinajstić information content (AvgIpc) is 2.25. The highest BCUT2D eigenvalue weighted by molar-refractivity contribution is 6.60. The molecule has 0 rings (SSSR count). The predicted octanol–water partition coefficient (Wildman–Crippen LogP) is 2.47. The molecule has 84 valence electrons. The van der Waals surface area contributed by atoms with Crippen LogP contribution in [-0.2, 0) is 13.3 Å². The van der Waals surface area contributed by atoms with Gasteiger partial charge in [0.1, 0.15) is 0 Å². The van der Waals surface area contributed by atoms with Crippen molar-refractivity contribution in [3.63, 3.8) is 0 Å². The molecule has 0 fully saturated rings. The first-order valence-corrected chi connectivity index (χ1v) is 6.87. The molecule has 0 aliphatic heterocycles. The van der Waals surface area contributed by atoms with E-state index in [9.17, 15) is 0 Å². The Morgan fingerprint density at radius 3 is 2.00 bits per heavy atom. The highest BCUT2D eigenvalue weighted by atomic mass is 28.4. The summed E-state index contributed by atoms with van der Waals surface area (Å²) in [6.07, 6.45) is 4.02. The monoisotopic (exact) mass is 218 g/mol. The van der Waals surface area contributed by atoms with Crippen LogP contribution in [0.25, 0.3) is 0 Å². The van der Waals surface area contributed by atoms with E-state index in [-0.39, 0.29) is 0 Å². The molecule has 0 aliphatic rings. The molecule has 0 saturated carbocycles. The minimum Gasteiger partial charge on any atom is -0.377 e. The van der Waals surface area contributed by atoms with Gasteiger partial charge in [-0.05, 0) is 12.3 Å². The fourth-order valence-corrected chi connectivity index (χ4v) is 3.65. The standard InChI is InChI=1S/C10H22O3Si/c1-6-8-10(7-2)9-14(11-3,12-4)13-5/h6,10H,1,7-9H2,2-5H3. The summed E-state index contributed by atoms with van der Waals surface area (Å²) in [5, 5.41) is 0. The summed E-state index contributed by atoms with van der Waals surface area (Å²) in [4.78, 5) is 0. The van der Waals surface area contributed by atoms with Gasteiger partial charge in [0.15, 0.2) is 0 Å². The van der Waals surface area contributed by atoms with Crippen molar-refractivity contribution < 1.29 is 13.3 Å². The van der Waals surface area contributed by atoms with Crippen molar-refractivity contribution >= 4 is 8.80 Å². The van der Waals surface area contributed by atoms with E-state index < -0.39 is 8.80 Å². The molecular formula is C10H22O3Si. The normalized spacial score (nSPS) is 14.0. The summed E-state index contributed by atoms with van der Waals surface area (Å²) in [5.74, 6) is 0.541. The average molecular weight is 218 g/mol. The molecule has 0 aliphatic carbocycles. The van der Waals surface area contributed by atoms with E-state index >= 15 is 0 Å². The van der Waals surface area contributed by atoms with Crippen LogP contribution in [0.15, 0.2) is 12.7 Å². The van der Waals surface area contributed by atoms with Crippen LogP contribution in [0.3, 0.4) is 0 Å². The fourth-order valence-electron chi connectivity index (χ4n) is 1.48. The minimum atomic E-state index is -2.39. The van der Waals surface area contributed by atoms with Crippen molar-refractivity contribution in [2.75, 3.05) is 21.3 Å². The summed E-state index contributed by atoms with van der Waals surface area (Å²) in [7, 11) is 2.57. The van der Waals surface area contributed by atoms with Crippen LogP contribution in [-0.4, -0.2) is 30.1 Å². The lowest BCUT2D eigenvalue weighted by Gasteiger charge is -2.27. The first-order valence-electron chi connectivity index (χ1n) is 4.94. The minimum absolute atomic E-state index is 0.541. The van der Waals surface area contributed by atoms with Crippen molar-refractivity contribution in [3.8, 4) is 0 Å². The van der Waals surface area contributed by atoms with Gasteiger partial charge in [-0.25, -0.2) is 0 Å². The molecule has 0 aromatic heterocycles. The number of rotatable bonds is 8. The van der Waals surface area contributed by atoms with Gasteiger partial charge in [-0.3, -0.25) is 0 Å². The molecule has 0 aromatic rings. The number of allylic oxidation sites excluding steroid dienone is 1. The van der Waals surface area contributed by atoms with Gasteiger partial charge in [0.05, 0.1) is 0 Å². The van der Waals surface area contributed by atoms with Crippen molar-refractivity contribution in [2.24, 2.45) is 5.92 Å². The Morgan fingerprint density at radius 1 is 1.21 bits per heavy atom. The van der Waals surface area contributed by atoms with Crippen LogP contribution in [0.1, 0.15) is 19.8 Å². The molecule has 0 spiro atoms. The van der Waals surface area contributed by atoms with Gasteiger partial charge < -0.3 is 13.3 Å². The number of hydrogen-bond acceptors (Lipinski definition) is 3. The van der Waals surface area contributed by atoms with Gasteiger partial charge in [-0.1, -0.05) is 19.4 Å². The zero-order chi connectivity index (χ0) is 11.0. The van der Waals surface area contributed by atoms with E-state index in [2.05, 4.69) is 13.5 Å². The lowest BCUT2D eigenvalue weighted by Crippen LogP contribution is -2.44. The highest BCUT2D eigenvalue weighted by Gasteiger charge is 2.39. The number of hydrogen-bond donors (Lipinski definition) is 0. The smallest absolute Gasteiger partial charge is 0.377 e. The Kier molecular flexibility index (Phi) is 7.09. The largest absolute Gasteiger partial charge is 0.500 e. The topological polar surface area (TPSA) is 27.7 Å². The van der Waals surface area contributed by atoms with Crippen LogP contribution in [0, 0.1) is 5.92 Å². The first-order chi connectivity index (χ1) is 6.67. The van der Waals surface area contributed by atoms with Crippen molar-refractivity contribution in [2.45, 2.75) is 25.8 Å². The van der Waals surface area contributed by atoms with Gasteiger partial charge >= 0.3 is 8.80 Å². The van der Waals surface area contributed by atoms with Crippen molar-refractivity contribution in [3.05, 3.63) is 12.7 Å². The molecule has 0 radical (unpaired) electrons. The summed E-state index contributed by atoms with van der Waals surface area (Å²) in [5.41, 5.74) is 0. The Hall–Kier alpha value is -0.163. The van der Waals surface area contributed by atoms with Crippen LogP contribution < -0.4 is 0 Å². The maximum Gasteiger partial charge on any atom is 0.500 e. The molecular weight excluding hydrogens is 196 g/mol. The van der Waals surface area contributed by atoms with Gasteiger partial charge in [-0.15, -0.1) is 6.58 Å². The van der Waals surface area contributed by atoms with E-state index in [1.165, 1.54) is 0 Å².